The minimum absolute atomic E-state index is 0.0801. The Balaban J connectivity index is 1.40. The van der Waals surface area contributed by atoms with Gasteiger partial charge in [0, 0.05) is 36.1 Å². The fourth-order valence-electron chi connectivity index (χ4n) is 3.50. The Morgan fingerprint density at radius 1 is 1.19 bits per heavy atom. The maximum Gasteiger partial charge on any atom is 0.253 e. The topological polar surface area (TPSA) is 104 Å². The Kier molecular flexibility index (Phi) is 6.10. The fraction of sp³-hybridized carbons (Fsp3) is 0.381. The lowest BCUT2D eigenvalue weighted by atomic mass is 10.1. The number of hydrogen-bond acceptors (Lipinski definition) is 8. The molecular formula is C21H24N6O3S. The van der Waals surface area contributed by atoms with Gasteiger partial charge in [-0.1, -0.05) is 22.4 Å². The van der Waals surface area contributed by atoms with Crippen LogP contribution in [0, 0.1) is 13.8 Å². The first kappa shape index (κ1) is 21.1. The molecule has 9 nitrogen and oxygen atoms in total. The molecule has 2 amide bonds. The number of aryl methyl sites for hydroxylation is 2. The number of amides is 2. The number of carbonyl (C=O) groups is 2. The minimum atomic E-state index is -0.435. The number of nitrogens with one attached hydrogen (secondary N) is 1. The van der Waals surface area contributed by atoms with E-state index in [1.54, 1.807) is 23.2 Å². The Morgan fingerprint density at radius 2 is 1.97 bits per heavy atom. The van der Waals surface area contributed by atoms with Crippen molar-refractivity contribution < 1.29 is 14.2 Å². The largest absolute Gasteiger partial charge is 0.349 e. The Morgan fingerprint density at radius 3 is 2.61 bits per heavy atom. The lowest BCUT2D eigenvalue weighted by molar-refractivity contribution is -0.127. The number of piperazine rings is 1. The monoisotopic (exact) mass is 440 g/mol. The zero-order valence-corrected chi connectivity index (χ0v) is 18.5. The summed E-state index contributed by atoms with van der Waals surface area (Å²) >= 11 is 1.60. The van der Waals surface area contributed by atoms with Gasteiger partial charge in [0.05, 0.1) is 17.2 Å². The first-order valence-electron chi connectivity index (χ1n) is 10.00. The number of aromatic nitrogens is 3. The van der Waals surface area contributed by atoms with Gasteiger partial charge in [0.1, 0.15) is 17.4 Å². The van der Waals surface area contributed by atoms with Crippen LogP contribution >= 0.6 is 11.3 Å². The Labute approximate surface area is 184 Å². The third kappa shape index (κ3) is 4.64. The van der Waals surface area contributed by atoms with Crippen LogP contribution in [0.3, 0.4) is 0 Å². The molecule has 3 aromatic rings. The quantitative estimate of drug-likeness (QED) is 0.646. The minimum Gasteiger partial charge on any atom is -0.349 e. The van der Waals surface area contributed by atoms with Crippen LogP contribution in [0.1, 0.15) is 26.8 Å². The van der Waals surface area contributed by atoms with E-state index < -0.39 is 6.04 Å². The predicted molar refractivity (Wildman–Crippen MR) is 115 cm³/mol. The van der Waals surface area contributed by atoms with Crippen LogP contribution in [-0.4, -0.2) is 69.6 Å². The third-order valence-corrected chi connectivity index (χ3v) is 6.23. The van der Waals surface area contributed by atoms with Gasteiger partial charge in [-0.25, -0.2) is 9.61 Å². The second kappa shape index (κ2) is 8.94. The number of rotatable bonds is 5. The molecule has 1 N–H and O–H groups in total. The number of nitrogens with zero attached hydrogens (tertiary/aromatic N) is 5. The van der Waals surface area contributed by atoms with Gasteiger partial charge in [-0.2, -0.15) is 0 Å². The molecule has 0 saturated carbocycles. The van der Waals surface area contributed by atoms with Crippen molar-refractivity contribution in [1.29, 1.82) is 0 Å². The van der Waals surface area contributed by atoms with Gasteiger partial charge in [-0.3, -0.25) is 14.5 Å². The number of hydrogen-bond donors (Lipinski definition) is 1. The second-order valence-corrected chi connectivity index (χ2v) is 8.65. The molecule has 2 aromatic heterocycles. The van der Waals surface area contributed by atoms with E-state index >= 15 is 0 Å². The van der Waals surface area contributed by atoms with Crippen LogP contribution in [0.2, 0.25) is 0 Å². The van der Waals surface area contributed by atoms with E-state index in [2.05, 4.69) is 25.2 Å². The maximum absolute atomic E-state index is 13.0. The first-order valence-corrected chi connectivity index (χ1v) is 10.9. The molecule has 0 aliphatic carbocycles. The molecule has 0 spiro atoms. The molecule has 0 bridgehead atoms. The summed E-state index contributed by atoms with van der Waals surface area (Å²) < 4.78 is 4.66. The van der Waals surface area contributed by atoms with E-state index in [4.69, 9.17) is 0 Å². The first-order chi connectivity index (χ1) is 14.9. The van der Waals surface area contributed by atoms with Gasteiger partial charge in [0.2, 0.25) is 5.91 Å². The molecule has 10 heteroatoms. The summed E-state index contributed by atoms with van der Waals surface area (Å²) in [6.07, 6.45) is 0. The van der Waals surface area contributed by atoms with Crippen LogP contribution in [0.15, 0.2) is 34.3 Å². The maximum atomic E-state index is 13.0. The molecule has 0 radical (unpaired) electrons. The standard InChI is InChI=1S/C21H24N6O3S/c1-13-17(25-30-24-13)10-22-20(28)19-11-27(9-8-26(19)3)21(29)16-6-4-15(5-7-16)18-12-31-14(2)23-18/h4-7,12,19H,8-11H2,1-3H3,(H,22,28). The van der Waals surface area contributed by atoms with E-state index in [0.717, 1.165) is 16.3 Å². The van der Waals surface area contributed by atoms with Crippen molar-refractivity contribution >= 4 is 23.2 Å². The normalized spacial score (nSPS) is 17.0. The number of carbonyl (C=O) groups excluding carboxylic acids is 2. The molecule has 31 heavy (non-hydrogen) atoms. The number of likely N-dealkylation sites (N-methyl/N-ethyl adjacent to an activating group) is 1. The van der Waals surface area contributed by atoms with Gasteiger partial charge >= 0.3 is 0 Å². The highest BCUT2D eigenvalue weighted by Crippen LogP contribution is 2.22. The molecule has 1 aliphatic rings. The molecule has 1 unspecified atom stereocenters. The highest BCUT2D eigenvalue weighted by atomic mass is 32.1. The molecule has 1 fully saturated rings. The zero-order chi connectivity index (χ0) is 22.0. The summed E-state index contributed by atoms with van der Waals surface area (Å²) in [4.78, 5) is 34.0. The molecular weight excluding hydrogens is 416 g/mol. The van der Waals surface area contributed by atoms with Crippen LogP contribution in [-0.2, 0) is 11.3 Å². The zero-order valence-electron chi connectivity index (χ0n) is 17.7. The van der Waals surface area contributed by atoms with Crippen molar-refractivity contribution in [2.24, 2.45) is 0 Å². The second-order valence-electron chi connectivity index (χ2n) is 7.59. The summed E-state index contributed by atoms with van der Waals surface area (Å²) in [7, 11) is 1.89. The summed E-state index contributed by atoms with van der Waals surface area (Å²) in [6, 6.07) is 7.03. The van der Waals surface area contributed by atoms with E-state index in [1.807, 2.05) is 48.5 Å². The molecule has 1 aromatic carbocycles. The molecule has 4 rings (SSSR count). The van der Waals surface area contributed by atoms with Crippen molar-refractivity contribution in [3.05, 3.63) is 51.6 Å². The summed E-state index contributed by atoms with van der Waals surface area (Å²) in [5.41, 5.74) is 3.73. The van der Waals surface area contributed by atoms with Crippen molar-refractivity contribution in [3.8, 4) is 11.3 Å². The Hall–Kier alpha value is -3.11. The SMILES string of the molecule is Cc1nc(-c2ccc(C(=O)N3CCN(C)C(C(=O)NCc4nonc4C)C3)cc2)cs1. The summed E-state index contributed by atoms with van der Waals surface area (Å²) in [5.74, 6) is -0.236. The van der Waals surface area contributed by atoms with E-state index in [0.29, 0.717) is 36.6 Å². The van der Waals surface area contributed by atoms with Gasteiger partial charge < -0.3 is 10.2 Å². The van der Waals surface area contributed by atoms with Crippen molar-refractivity contribution in [1.82, 2.24) is 30.4 Å². The van der Waals surface area contributed by atoms with E-state index in [9.17, 15) is 9.59 Å². The van der Waals surface area contributed by atoms with E-state index in [1.165, 1.54) is 0 Å². The molecule has 1 saturated heterocycles. The van der Waals surface area contributed by atoms with Crippen molar-refractivity contribution in [2.45, 2.75) is 26.4 Å². The molecule has 162 valence electrons. The predicted octanol–water partition coefficient (Wildman–Crippen LogP) is 1.88. The molecule has 1 atom stereocenters. The average Bonchev–Trinajstić information content (AvgIpc) is 3.40. The average molecular weight is 441 g/mol. The third-order valence-electron chi connectivity index (χ3n) is 5.46. The smallest absolute Gasteiger partial charge is 0.253 e. The number of benzene rings is 1. The summed E-state index contributed by atoms with van der Waals surface area (Å²) in [6.45, 7) is 5.49. The van der Waals surface area contributed by atoms with Crippen molar-refractivity contribution in [3.63, 3.8) is 0 Å². The highest BCUT2D eigenvalue weighted by Gasteiger charge is 2.32. The van der Waals surface area contributed by atoms with E-state index in [-0.39, 0.29) is 18.4 Å². The molecule has 1 aliphatic heterocycles. The van der Waals surface area contributed by atoms with Crippen molar-refractivity contribution in [2.75, 3.05) is 26.7 Å². The van der Waals surface area contributed by atoms with Crippen LogP contribution in [0.5, 0.6) is 0 Å². The Bertz CT molecular complexity index is 1080. The fourth-order valence-corrected chi connectivity index (χ4v) is 4.12. The number of thiazole rings is 1. The van der Waals surface area contributed by atoms with Gasteiger partial charge in [0.15, 0.2) is 0 Å². The summed E-state index contributed by atoms with van der Waals surface area (Å²) in [5, 5.41) is 13.4. The van der Waals surface area contributed by atoms with Crippen LogP contribution < -0.4 is 5.32 Å². The lowest BCUT2D eigenvalue weighted by Gasteiger charge is -2.38. The van der Waals surface area contributed by atoms with Gasteiger partial charge in [0.25, 0.3) is 5.91 Å². The van der Waals surface area contributed by atoms with Crippen LogP contribution in [0.25, 0.3) is 11.3 Å². The van der Waals surface area contributed by atoms with Crippen LogP contribution in [0.4, 0.5) is 0 Å². The highest BCUT2D eigenvalue weighted by molar-refractivity contribution is 7.09. The molecule has 3 heterocycles. The van der Waals surface area contributed by atoms with Gasteiger partial charge in [-0.15, -0.1) is 11.3 Å². The van der Waals surface area contributed by atoms with Gasteiger partial charge in [-0.05, 0) is 33.0 Å². The lowest BCUT2D eigenvalue weighted by Crippen LogP contribution is -2.58.